The average Bonchev–Trinajstić information content (AvgIpc) is 2.70. The molecule has 0 radical (unpaired) electrons. The number of hydrazine groups is 1. The topological polar surface area (TPSA) is 93.7 Å². The quantitative estimate of drug-likeness (QED) is 0.422. The SMILES string of the molecule is CCOc1ccc(/C=C/C(=O)OCC(=O)NNC(=O)c2ccc(Cl)cc2)cc1. The van der Waals surface area contributed by atoms with Gasteiger partial charge in [-0.1, -0.05) is 23.7 Å². The van der Waals surface area contributed by atoms with Crippen molar-refractivity contribution in [3.63, 3.8) is 0 Å². The first-order valence-electron chi connectivity index (χ1n) is 8.40. The van der Waals surface area contributed by atoms with Gasteiger partial charge in [0.15, 0.2) is 6.61 Å². The van der Waals surface area contributed by atoms with Crippen LogP contribution in [0.3, 0.4) is 0 Å². The van der Waals surface area contributed by atoms with Crippen molar-refractivity contribution in [3.05, 3.63) is 70.8 Å². The Kier molecular flexibility index (Phi) is 8.05. The second-order valence-corrected chi connectivity index (χ2v) is 5.89. The Morgan fingerprint density at radius 2 is 1.68 bits per heavy atom. The lowest BCUT2D eigenvalue weighted by atomic mass is 10.2. The highest BCUT2D eigenvalue weighted by Gasteiger charge is 2.08. The normalized spacial score (nSPS) is 10.4. The summed E-state index contributed by atoms with van der Waals surface area (Å²) in [6, 6.07) is 13.3. The molecule has 0 atom stereocenters. The molecule has 7 nitrogen and oxygen atoms in total. The highest BCUT2D eigenvalue weighted by molar-refractivity contribution is 6.30. The molecule has 28 heavy (non-hydrogen) atoms. The molecule has 8 heteroatoms. The minimum atomic E-state index is -0.687. The van der Waals surface area contributed by atoms with Crippen molar-refractivity contribution in [2.24, 2.45) is 0 Å². The Balaban J connectivity index is 1.72. The summed E-state index contributed by atoms with van der Waals surface area (Å²) >= 11 is 5.74. The second kappa shape index (κ2) is 10.7. The molecule has 0 heterocycles. The van der Waals surface area contributed by atoms with Crippen LogP contribution in [0.2, 0.25) is 5.02 Å². The zero-order valence-corrected chi connectivity index (χ0v) is 15.9. The predicted octanol–water partition coefficient (Wildman–Crippen LogP) is 2.76. The average molecular weight is 403 g/mol. The minimum absolute atomic E-state index is 0.319. The van der Waals surface area contributed by atoms with Gasteiger partial charge >= 0.3 is 5.97 Å². The fourth-order valence-electron chi connectivity index (χ4n) is 2.03. The van der Waals surface area contributed by atoms with Crippen molar-refractivity contribution in [2.75, 3.05) is 13.2 Å². The van der Waals surface area contributed by atoms with Crippen LogP contribution in [0.5, 0.6) is 5.75 Å². The van der Waals surface area contributed by atoms with Crippen LogP contribution >= 0.6 is 11.6 Å². The fourth-order valence-corrected chi connectivity index (χ4v) is 2.15. The molecular formula is C20H19ClN2O5. The fraction of sp³-hybridized carbons (Fsp3) is 0.150. The molecule has 0 aliphatic carbocycles. The van der Waals surface area contributed by atoms with Gasteiger partial charge in [-0.05, 0) is 55.0 Å². The van der Waals surface area contributed by atoms with E-state index in [-0.39, 0.29) is 0 Å². The Labute approximate surface area is 167 Å². The lowest BCUT2D eigenvalue weighted by molar-refractivity contribution is -0.144. The maximum absolute atomic E-state index is 11.8. The maximum atomic E-state index is 11.8. The summed E-state index contributed by atoms with van der Waals surface area (Å²) in [5, 5.41) is 0.491. The molecule has 146 valence electrons. The van der Waals surface area contributed by atoms with Gasteiger partial charge in [0.2, 0.25) is 0 Å². The Morgan fingerprint density at radius 1 is 1.00 bits per heavy atom. The third-order valence-corrected chi connectivity index (χ3v) is 3.62. The van der Waals surface area contributed by atoms with Gasteiger partial charge in [0.25, 0.3) is 11.8 Å². The Bertz CT molecular complexity index is 848. The summed E-state index contributed by atoms with van der Waals surface area (Å²) < 4.78 is 10.1. The van der Waals surface area contributed by atoms with Gasteiger partial charge in [0.1, 0.15) is 5.75 Å². The number of carbonyl (C=O) groups excluding carboxylic acids is 3. The van der Waals surface area contributed by atoms with Gasteiger partial charge < -0.3 is 9.47 Å². The number of carbonyl (C=O) groups is 3. The van der Waals surface area contributed by atoms with Crippen LogP contribution in [0.15, 0.2) is 54.6 Å². The highest BCUT2D eigenvalue weighted by Crippen LogP contribution is 2.13. The third-order valence-electron chi connectivity index (χ3n) is 3.37. The number of rotatable bonds is 7. The van der Waals surface area contributed by atoms with Crippen molar-refractivity contribution in [1.82, 2.24) is 10.9 Å². The zero-order chi connectivity index (χ0) is 20.4. The van der Waals surface area contributed by atoms with Gasteiger partial charge in [-0.2, -0.15) is 0 Å². The Hall–Kier alpha value is -3.32. The molecule has 2 aromatic carbocycles. The van der Waals surface area contributed by atoms with Crippen LogP contribution < -0.4 is 15.6 Å². The van der Waals surface area contributed by atoms with Gasteiger partial charge in [-0.3, -0.25) is 20.4 Å². The standard InChI is InChI=1S/C20H19ClN2O5/c1-2-27-17-10-3-14(4-11-17)5-12-19(25)28-13-18(24)22-23-20(26)15-6-8-16(21)9-7-15/h3-12H,2,13H2,1H3,(H,22,24)(H,23,26)/b12-5+. The van der Waals surface area contributed by atoms with Gasteiger partial charge in [-0.25, -0.2) is 4.79 Å². The molecule has 0 unspecified atom stereocenters. The number of benzene rings is 2. The zero-order valence-electron chi connectivity index (χ0n) is 15.1. The van der Waals surface area contributed by atoms with E-state index in [0.717, 1.165) is 11.3 Å². The summed E-state index contributed by atoms with van der Waals surface area (Å²) in [5.74, 6) is -1.15. The molecule has 0 aromatic heterocycles. The summed E-state index contributed by atoms with van der Waals surface area (Å²) in [4.78, 5) is 35.1. The number of esters is 1. The number of hydrogen-bond acceptors (Lipinski definition) is 5. The van der Waals surface area contributed by atoms with Crippen molar-refractivity contribution in [1.29, 1.82) is 0 Å². The van der Waals surface area contributed by atoms with E-state index in [4.69, 9.17) is 21.1 Å². The smallest absolute Gasteiger partial charge is 0.331 e. The monoisotopic (exact) mass is 402 g/mol. The second-order valence-electron chi connectivity index (χ2n) is 5.45. The molecule has 0 fully saturated rings. The van der Waals surface area contributed by atoms with E-state index in [0.29, 0.717) is 17.2 Å². The van der Waals surface area contributed by atoms with E-state index in [1.165, 1.54) is 18.2 Å². The molecule has 2 amide bonds. The first-order valence-corrected chi connectivity index (χ1v) is 8.78. The minimum Gasteiger partial charge on any atom is -0.494 e. The van der Waals surface area contributed by atoms with Crippen LogP contribution in [0.4, 0.5) is 0 Å². The van der Waals surface area contributed by atoms with Gasteiger partial charge in [0.05, 0.1) is 6.61 Å². The van der Waals surface area contributed by atoms with Crippen molar-refractivity contribution in [3.8, 4) is 5.75 Å². The van der Waals surface area contributed by atoms with Crippen molar-refractivity contribution < 1.29 is 23.9 Å². The largest absolute Gasteiger partial charge is 0.494 e. The van der Waals surface area contributed by atoms with Crippen molar-refractivity contribution in [2.45, 2.75) is 6.92 Å². The first-order chi connectivity index (χ1) is 13.5. The number of amides is 2. The number of nitrogens with one attached hydrogen (secondary N) is 2. The summed E-state index contributed by atoms with van der Waals surface area (Å²) in [6.07, 6.45) is 2.76. The highest BCUT2D eigenvalue weighted by atomic mass is 35.5. The first kappa shape index (κ1) is 21.0. The van der Waals surface area contributed by atoms with Gasteiger partial charge in [-0.15, -0.1) is 0 Å². The number of halogens is 1. The van der Waals surface area contributed by atoms with Crippen LogP contribution in [0.25, 0.3) is 6.08 Å². The van der Waals surface area contributed by atoms with Crippen molar-refractivity contribution >= 4 is 35.5 Å². The molecule has 2 N–H and O–H groups in total. The lowest BCUT2D eigenvalue weighted by Crippen LogP contribution is -2.43. The molecule has 0 saturated carbocycles. The van der Waals surface area contributed by atoms with E-state index in [2.05, 4.69) is 10.9 Å². The molecule has 0 saturated heterocycles. The van der Waals surface area contributed by atoms with Crippen LogP contribution in [-0.4, -0.2) is 31.0 Å². The number of hydrogen-bond donors (Lipinski definition) is 2. The van der Waals surface area contributed by atoms with E-state index >= 15 is 0 Å². The lowest BCUT2D eigenvalue weighted by Gasteiger charge is -2.07. The van der Waals surface area contributed by atoms with E-state index < -0.39 is 24.4 Å². The summed E-state index contributed by atoms with van der Waals surface area (Å²) in [6.45, 7) is 1.93. The van der Waals surface area contributed by atoms with E-state index in [9.17, 15) is 14.4 Å². The molecule has 0 aliphatic heterocycles. The van der Waals surface area contributed by atoms with Crippen LogP contribution in [0, 0.1) is 0 Å². The van der Waals surface area contributed by atoms with Crippen LogP contribution in [-0.2, 0) is 14.3 Å². The molecule has 2 aromatic rings. The van der Waals surface area contributed by atoms with E-state index in [1.54, 1.807) is 42.5 Å². The molecule has 2 rings (SSSR count). The molecule has 0 aliphatic rings. The Morgan fingerprint density at radius 3 is 2.32 bits per heavy atom. The molecular weight excluding hydrogens is 384 g/mol. The van der Waals surface area contributed by atoms with E-state index in [1.807, 2.05) is 6.92 Å². The molecule has 0 spiro atoms. The summed E-state index contributed by atoms with van der Waals surface area (Å²) in [5.41, 5.74) is 5.47. The predicted molar refractivity (Wildman–Crippen MR) is 105 cm³/mol. The summed E-state index contributed by atoms with van der Waals surface area (Å²) in [7, 11) is 0. The number of ether oxygens (including phenoxy) is 2. The molecule has 0 bridgehead atoms. The third kappa shape index (κ3) is 7.13. The maximum Gasteiger partial charge on any atom is 0.331 e. The van der Waals surface area contributed by atoms with Gasteiger partial charge in [0, 0.05) is 16.7 Å². The van der Waals surface area contributed by atoms with Crippen LogP contribution in [0.1, 0.15) is 22.8 Å².